The predicted molar refractivity (Wildman–Crippen MR) is 73.7 cm³/mol. The summed E-state index contributed by atoms with van der Waals surface area (Å²) in [6, 6.07) is 11.8. The molecule has 3 rings (SSSR count). The number of hydrogen-bond acceptors (Lipinski definition) is 3. The van der Waals surface area contributed by atoms with Crippen LogP contribution in [0.25, 0.3) is 10.9 Å². The average molecular weight is 319 g/mol. The molecule has 0 bridgehead atoms. The smallest absolute Gasteiger partial charge is 0.157 e. The molecule has 0 N–H and O–H groups in total. The van der Waals surface area contributed by atoms with Crippen molar-refractivity contribution in [3.63, 3.8) is 0 Å². The first-order valence-electron chi connectivity index (χ1n) is 5.57. The van der Waals surface area contributed by atoms with Crippen molar-refractivity contribution >= 4 is 26.8 Å². The molecule has 3 nitrogen and oxygen atoms in total. The average Bonchev–Trinajstić information content (AvgIpc) is 2.42. The molecule has 1 heterocycles. The van der Waals surface area contributed by atoms with Crippen LogP contribution in [0.15, 0.2) is 53.1 Å². The maximum Gasteiger partial charge on any atom is 0.157 e. The van der Waals surface area contributed by atoms with Crippen molar-refractivity contribution in [3.8, 4) is 11.5 Å². The van der Waals surface area contributed by atoms with E-state index in [2.05, 4.69) is 26.1 Å². The van der Waals surface area contributed by atoms with Gasteiger partial charge in [0.1, 0.15) is 11.6 Å². The summed E-state index contributed by atoms with van der Waals surface area (Å²) >= 11 is 3.27. The van der Waals surface area contributed by atoms with Crippen LogP contribution in [0.5, 0.6) is 11.5 Å². The molecule has 3 aromatic rings. The number of hydrogen-bond donors (Lipinski definition) is 0. The highest BCUT2D eigenvalue weighted by atomic mass is 79.9. The fourth-order valence-corrected chi connectivity index (χ4v) is 2.17. The molecule has 0 aliphatic heterocycles. The molecule has 5 heteroatoms. The lowest BCUT2D eigenvalue weighted by molar-refractivity contribution is 0.479. The van der Waals surface area contributed by atoms with Gasteiger partial charge in [-0.15, -0.1) is 0 Å². The van der Waals surface area contributed by atoms with Gasteiger partial charge < -0.3 is 4.74 Å². The Bertz CT molecular complexity index is 743. The van der Waals surface area contributed by atoms with Crippen LogP contribution in [0.1, 0.15) is 0 Å². The predicted octanol–water partition coefficient (Wildman–Crippen LogP) is 4.32. The fraction of sp³-hybridized carbons (Fsp3) is 0. The number of aromatic nitrogens is 2. The minimum absolute atomic E-state index is 0.322. The molecule has 2 aromatic carbocycles. The van der Waals surface area contributed by atoms with Gasteiger partial charge >= 0.3 is 0 Å². The Morgan fingerprint density at radius 2 is 1.89 bits per heavy atom. The fourth-order valence-electron chi connectivity index (χ4n) is 1.74. The number of halogens is 2. The van der Waals surface area contributed by atoms with E-state index in [1.54, 1.807) is 6.07 Å². The summed E-state index contributed by atoms with van der Waals surface area (Å²) in [5.41, 5.74) is 0.748. The zero-order valence-corrected chi connectivity index (χ0v) is 11.3. The van der Waals surface area contributed by atoms with E-state index in [0.29, 0.717) is 16.0 Å². The van der Waals surface area contributed by atoms with Crippen molar-refractivity contribution in [2.75, 3.05) is 0 Å². The van der Waals surface area contributed by atoms with E-state index >= 15 is 0 Å². The standard InChI is InChI=1S/C14H8BrFN2O/c15-11-7-9(16)5-6-13(11)19-14-8-17-18-12-4-2-1-3-10(12)14/h1-8H. The Morgan fingerprint density at radius 1 is 1.05 bits per heavy atom. The summed E-state index contributed by atoms with van der Waals surface area (Å²) < 4.78 is 19.3. The SMILES string of the molecule is Fc1ccc(Oc2cnnc3ccccc23)c(Br)c1. The monoisotopic (exact) mass is 318 g/mol. The first-order chi connectivity index (χ1) is 9.24. The summed E-state index contributed by atoms with van der Waals surface area (Å²) in [5, 5.41) is 8.77. The highest BCUT2D eigenvalue weighted by Gasteiger charge is 2.08. The van der Waals surface area contributed by atoms with Gasteiger partial charge in [0.05, 0.1) is 16.2 Å². The van der Waals surface area contributed by atoms with Gasteiger partial charge in [0.15, 0.2) is 5.75 Å². The Balaban J connectivity index is 2.06. The van der Waals surface area contributed by atoms with Crippen molar-refractivity contribution in [3.05, 3.63) is 59.0 Å². The molecule has 1 aromatic heterocycles. The van der Waals surface area contributed by atoms with Crippen molar-refractivity contribution in [2.45, 2.75) is 0 Å². The summed E-state index contributed by atoms with van der Waals surface area (Å²) in [4.78, 5) is 0. The van der Waals surface area contributed by atoms with Gasteiger partial charge in [-0.2, -0.15) is 10.2 Å². The van der Waals surface area contributed by atoms with Crippen LogP contribution < -0.4 is 4.74 Å². The molecule has 0 unspecified atom stereocenters. The Hall–Kier alpha value is -2.01. The topological polar surface area (TPSA) is 35.0 Å². The van der Waals surface area contributed by atoms with Crippen LogP contribution in [0.2, 0.25) is 0 Å². The van der Waals surface area contributed by atoms with E-state index in [9.17, 15) is 4.39 Å². The second-order valence-corrected chi connectivity index (χ2v) is 4.76. The van der Waals surface area contributed by atoms with Gasteiger partial charge in [0, 0.05) is 5.39 Å². The molecule has 94 valence electrons. The normalized spacial score (nSPS) is 10.6. The summed E-state index contributed by atoms with van der Waals surface area (Å²) in [7, 11) is 0. The Kier molecular flexibility index (Phi) is 3.13. The largest absolute Gasteiger partial charge is 0.454 e. The molecule has 0 aliphatic carbocycles. The number of benzene rings is 2. The minimum atomic E-state index is -0.322. The van der Waals surface area contributed by atoms with Crippen LogP contribution in [0.3, 0.4) is 0 Å². The second kappa shape index (κ2) is 4.93. The number of fused-ring (bicyclic) bond motifs is 1. The highest BCUT2D eigenvalue weighted by Crippen LogP contribution is 2.32. The minimum Gasteiger partial charge on any atom is -0.454 e. The van der Waals surface area contributed by atoms with Crippen molar-refractivity contribution in [1.82, 2.24) is 10.2 Å². The summed E-state index contributed by atoms with van der Waals surface area (Å²) in [5.74, 6) is 0.786. The van der Waals surface area contributed by atoms with Crippen LogP contribution in [0, 0.1) is 5.82 Å². The van der Waals surface area contributed by atoms with Gasteiger partial charge in [-0.1, -0.05) is 12.1 Å². The number of ether oxygens (including phenoxy) is 1. The first-order valence-corrected chi connectivity index (χ1v) is 6.37. The van der Waals surface area contributed by atoms with E-state index in [-0.39, 0.29) is 5.82 Å². The first kappa shape index (κ1) is 12.0. The zero-order chi connectivity index (χ0) is 13.2. The van der Waals surface area contributed by atoms with Gasteiger partial charge in [0.2, 0.25) is 0 Å². The summed E-state index contributed by atoms with van der Waals surface area (Å²) in [6.45, 7) is 0. The Labute approximate surface area is 117 Å². The maximum absolute atomic E-state index is 13.0. The molecular weight excluding hydrogens is 311 g/mol. The molecule has 0 spiro atoms. The van der Waals surface area contributed by atoms with Gasteiger partial charge in [-0.05, 0) is 46.3 Å². The van der Waals surface area contributed by atoms with Crippen LogP contribution in [0.4, 0.5) is 4.39 Å². The van der Waals surface area contributed by atoms with Crippen LogP contribution in [-0.4, -0.2) is 10.2 Å². The van der Waals surface area contributed by atoms with Crippen molar-refractivity contribution in [1.29, 1.82) is 0 Å². The molecule has 0 aliphatic rings. The third-order valence-electron chi connectivity index (χ3n) is 2.62. The third kappa shape index (κ3) is 2.42. The van der Waals surface area contributed by atoms with E-state index in [4.69, 9.17) is 4.74 Å². The second-order valence-electron chi connectivity index (χ2n) is 3.90. The quantitative estimate of drug-likeness (QED) is 0.705. The lowest BCUT2D eigenvalue weighted by atomic mass is 10.2. The lowest BCUT2D eigenvalue weighted by Gasteiger charge is -2.09. The van der Waals surface area contributed by atoms with Gasteiger partial charge in [-0.25, -0.2) is 4.39 Å². The molecule has 19 heavy (non-hydrogen) atoms. The molecule has 0 saturated carbocycles. The molecule has 0 atom stereocenters. The third-order valence-corrected chi connectivity index (χ3v) is 3.24. The number of nitrogens with zero attached hydrogens (tertiary/aromatic N) is 2. The van der Waals surface area contributed by atoms with E-state index in [1.807, 2.05) is 24.3 Å². The van der Waals surface area contributed by atoms with Crippen LogP contribution >= 0.6 is 15.9 Å². The van der Waals surface area contributed by atoms with Crippen molar-refractivity contribution < 1.29 is 9.13 Å². The molecule has 0 radical (unpaired) electrons. The molecular formula is C14H8BrFN2O. The maximum atomic E-state index is 13.0. The van der Waals surface area contributed by atoms with Crippen LogP contribution in [-0.2, 0) is 0 Å². The molecule has 0 amide bonds. The molecule has 0 saturated heterocycles. The van der Waals surface area contributed by atoms with Gasteiger partial charge in [0.25, 0.3) is 0 Å². The summed E-state index contributed by atoms with van der Waals surface area (Å²) in [6.07, 6.45) is 1.54. The van der Waals surface area contributed by atoms with E-state index in [0.717, 1.165) is 10.9 Å². The highest BCUT2D eigenvalue weighted by molar-refractivity contribution is 9.10. The van der Waals surface area contributed by atoms with Gasteiger partial charge in [-0.3, -0.25) is 0 Å². The molecule has 0 fully saturated rings. The van der Waals surface area contributed by atoms with E-state index in [1.165, 1.54) is 18.3 Å². The number of rotatable bonds is 2. The Morgan fingerprint density at radius 3 is 2.74 bits per heavy atom. The lowest BCUT2D eigenvalue weighted by Crippen LogP contribution is -1.91. The van der Waals surface area contributed by atoms with E-state index < -0.39 is 0 Å². The zero-order valence-electron chi connectivity index (χ0n) is 9.68. The van der Waals surface area contributed by atoms with Crippen molar-refractivity contribution in [2.24, 2.45) is 0 Å².